The van der Waals surface area contributed by atoms with E-state index in [0.29, 0.717) is 17.6 Å². The van der Waals surface area contributed by atoms with E-state index < -0.39 is 10.0 Å². The van der Waals surface area contributed by atoms with Gasteiger partial charge in [0.2, 0.25) is 10.0 Å². The van der Waals surface area contributed by atoms with Crippen LogP contribution in [0.25, 0.3) is 10.9 Å². The lowest BCUT2D eigenvalue weighted by Gasteiger charge is -2.36. The number of nitrogens with zero attached hydrogens (tertiary/aromatic N) is 3. The molecular weight excluding hydrogens is 390 g/mol. The highest BCUT2D eigenvalue weighted by molar-refractivity contribution is 7.89. The quantitative estimate of drug-likeness (QED) is 0.644. The van der Waals surface area contributed by atoms with E-state index in [4.69, 9.17) is 5.14 Å². The zero-order valence-corrected chi connectivity index (χ0v) is 16.7. The van der Waals surface area contributed by atoms with Gasteiger partial charge in [-0.05, 0) is 36.4 Å². The molecule has 0 aliphatic carbocycles. The summed E-state index contributed by atoms with van der Waals surface area (Å²) in [6.07, 6.45) is 0.684. The van der Waals surface area contributed by atoms with Crippen LogP contribution in [-0.4, -0.2) is 56.0 Å². The predicted octanol–water partition coefficient (Wildman–Crippen LogP) is 0.935. The minimum atomic E-state index is -3.67. The molecule has 1 aliphatic heterocycles. The Hall–Kier alpha value is -2.75. The Morgan fingerprint density at radius 3 is 2.38 bits per heavy atom. The number of nitrogens with two attached hydrogens (primary N) is 1. The van der Waals surface area contributed by atoms with Crippen LogP contribution in [0.5, 0.6) is 0 Å². The summed E-state index contributed by atoms with van der Waals surface area (Å²) in [5.74, 6) is 0.703. The van der Waals surface area contributed by atoms with Crippen molar-refractivity contribution in [2.45, 2.75) is 11.3 Å². The normalized spacial score (nSPS) is 15.7. The van der Waals surface area contributed by atoms with Crippen LogP contribution in [0.3, 0.4) is 0 Å². The molecule has 2 heterocycles. The number of hydrogen-bond acceptors (Lipinski definition) is 6. The summed E-state index contributed by atoms with van der Waals surface area (Å²) in [4.78, 5) is 24.3. The Bertz CT molecular complexity index is 1170. The molecule has 1 fully saturated rings. The lowest BCUT2D eigenvalue weighted by atomic mass is 10.2. The molecule has 0 radical (unpaired) electrons. The lowest BCUT2D eigenvalue weighted by molar-refractivity contribution is 0.259. The molecule has 9 heteroatoms. The first-order chi connectivity index (χ1) is 13.9. The first-order valence-electron chi connectivity index (χ1n) is 9.48. The third-order valence-electron chi connectivity index (χ3n) is 5.23. The van der Waals surface area contributed by atoms with Gasteiger partial charge in [0.25, 0.3) is 5.56 Å². The van der Waals surface area contributed by atoms with Crippen LogP contribution in [0.2, 0.25) is 0 Å². The zero-order valence-electron chi connectivity index (χ0n) is 15.9. The summed E-state index contributed by atoms with van der Waals surface area (Å²) in [6, 6.07) is 14.0. The van der Waals surface area contributed by atoms with Crippen molar-refractivity contribution < 1.29 is 8.42 Å². The van der Waals surface area contributed by atoms with Crippen molar-refractivity contribution in [2.24, 2.45) is 5.14 Å². The second-order valence-electron chi connectivity index (χ2n) is 7.15. The summed E-state index contributed by atoms with van der Waals surface area (Å²) in [7, 11) is -3.67. The standard InChI is InChI=1S/C20H23N5O3S/c21-29(27,28)16-7-5-15(6-8-16)25-13-11-24(12-14-25)10-9-19-22-18-4-2-1-3-17(18)20(26)23-19/h1-8H,9-14H2,(H2,21,27,28)(H,22,23,26). The number of anilines is 1. The minimum absolute atomic E-state index is 0.0987. The Balaban J connectivity index is 1.34. The molecule has 4 rings (SSSR count). The monoisotopic (exact) mass is 413 g/mol. The summed E-state index contributed by atoms with van der Waals surface area (Å²) in [5.41, 5.74) is 1.61. The van der Waals surface area contributed by atoms with Gasteiger partial charge in [0.1, 0.15) is 5.82 Å². The number of primary sulfonamides is 1. The number of rotatable bonds is 5. The smallest absolute Gasteiger partial charge is 0.258 e. The van der Waals surface area contributed by atoms with Crippen LogP contribution < -0.4 is 15.6 Å². The van der Waals surface area contributed by atoms with Crippen molar-refractivity contribution in [1.29, 1.82) is 0 Å². The maximum absolute atomic E-state index is 12.2. The molecule has 29 heavy (non-hydrogen) atoms. The summed E-state index contributed by atoms with van der Waals surface area (Å²) < 4.78 is 22.8. The molecule has 2 aromatic carbocycles. The number of para-hydroxylation sites is 1. The molecule has 0 atom stereocenters. The Morgan fingerprint density at radius 2 is 1.69 bits per heavy atom. The van der Waals surface area contributed by atoms with Crippen LogP contribution in [0.1, 0.15) is 5.82 Å². The summed E-state index contributed by atoms with van der Waals surface area (Å²) in [5, 5.41) is 5.76. The highest BCUT2D eigenvalue weighted by Gasteiger charge is 2.18. The minimum Gasteiger partial charge on any atom is -0.369 e. The molecule has 3 aromatic rings. The number of aromatic amines is 1. The maximum Gasteiger partial charge on any atom is 0.258 e. The van der Waals surface area contributed by atoms with E-state index in [1.165, 1.54) is 0 Å². The van der Waals surface area contributed by atoms with Gasteiger partial charge in [-0.3, -0.25) is 9.69 Å². The second kappa shape index (κ2) is 7.94. The maximum atomic E-state index is 12.2. The van der Waals surface area contributed by atoms with Gasteiger partial charge in [-0.2, -0.15) is 0 Å². The van der Waals surface area contributed by atoms with Crippen molar-refractivity contribution in [3.05, 3.63) is 64.7 Å². The molecular formula is C20H23N5O3S. The van der Waals surface area contributed by atoms with Gasteiger partial charge in [0.15, 0.2) is 0 Å². The average Bonchev–Trinajstić information content (AvgIpc) is 2.72. The van der Waals surface area contributed by atoms with Crippen molar-refractivity contribution in [2.75, 3.05) is 37.6 Å². The van der Waals surface area contributed by atoms with E-state index in [-0.39, 0.29) is 10.5 Å². The van der Waals surface area contributed by atoms with Crippen LogP contribution in [0.15, 0.2) is 58.2 Å². The topological polar surface area (TPSA) is 112 Å². The molecule has 0 bridgehead atoms. The van der Waals surface area contributed by atoms with E-state index in [1.807, 2.05) is 18.2 Å². The number of nitrogens with one attached hydrogen (secondary N) is 1. The van der Waals surface area contributed by atoms with E-state index in [9.17, 15) is 13.2 Å². The average molecular weight is 414 g/mol. The van der Waals surface area contributed by atoms with Gasteiger partial charge in [-0.25, -0.2) is 18.5 Å². The fraction of sp³-hybridized carbons (Fsp3) is 0.300. The molecule has 0 spiro atoms. The molecule has 1 saturated heterocycles. The third kappa shape index (κ3) is 4.47. The van der Waals surface area contributed by atoms with Crippen LogP contribution >= 0.6 is 0 Å². The van der Waals surface area contributed by atoms with E-state index >= 15 is 0 Å². The Morgan fingerprint density at radius 1 is 1.00 bits per heavy atom. The van der Waals surface area contributed by atoms with Crippen molar-refractivity contribution in [1.82, 2.24) is 14.9 Å². The Labute approximate surface area is 169 Å². The van der Waals surface area contributed by atoms with E-state index in [0.717, 1.165) is 43.9 Å². The van der Waals surface area contributed by atoms with Crippen LogP contribution in [0.4, 0.5) is 5.69 Å². The van der Waals surface area contributed by atoms with Gasteiger partial charge in [0, 0.05) is 44.8 Å². The largest absolute Gasteiger partial charge is 0.369 e. The SMILES string of the molecule is NS(=O)(=O)c1ccc(N2CCN(CCc3nc4ccccc4c(=O)[nH]3)CC2)cc1. The molecule has 0 amide bonds. The fourth-order valence-electron chi connectivity index (χ4n) is 3.59. The highest BCUT2D eigenvalue weighted by Crippen LogP contribution is 2.19. The first kappa shape index (κ1) is 19.6. The number of sulfonamides is 1. The van der Waals surface area contributed by atoms with E-state index in [2.05, 4.69) is 19.8 Å². The van der Waals surface area contributed by atoms with Gasteiger partial charge >= 0.3 is 0 Å². The lowest BCUT2D eigenvalue weighted by Crippen LogP contribution is -2.47. The highest BCUT2D eigenvalue weighted by atomic mass is 32.2. The molecule has 8 nitrogen and oxygen atoms in total. The number of fused-ring (bicyclic) bond motifs is 1. The fourth-order valence-corrected chi connectivity index (χ4v) is 4.11. The Kier molecular flexibility index (Phi) is 5.35. The van der Waals surface area contributed by atoms with Gasteiger partial charge < -0.3 is 9.88 Å². The van der Waals surface area contributed by atoms with Crippen molar-refractivity contribution in [3.63, 3.8) is 0 Å². The summed E-state index contributed by atoms with van der Waals surface area (Å²) >= 11 is 0. The predicted molar refractivity (Wildman–Crippen MR) is 113 cm³/mol. The molecule has 0 saturated carbocycles. The van der Waals surface area contributed by atoms with Crippen LogP contribution in [0, 0.1) is 0 Å². The van der Waals surface area contributed by atoms with Crippen molar-refractivity contribution in [3.8, 4) is 0 Å². The molecule has 152 valence electrons. The first-order valence-corrected chi connectivity index (χ1v) is 11.0. The summed E-state index contributed by atoms with van der Waals surface area (Å²) in [6.45, 7) is 4.27. The molecule has 3 N–H and O–H groups in total. The zero-order chi connectivity index (χ0) is 20.4. The van der Waals surface area contributed by atoms with Gasteiger partial charge in [-0.1, -0.05) is 12.1 Å². The van der Waals surface area contributed by atoms with Gasteiger partial charge in [-0.15, -0.1) is 0 Å². The van der Waals surface area contributed by atoms with E-state index in [1.54, 1.807) is 30.3 Å². The van der Waals surface area contributed by atoms with Crippen LogP contribution in [-0.2, 0) is 16.4 Å². The number of hydrogen-bond donors (Lipinski definition) is 2. The molecule has 1 aliphatic rings. The molecule has 1 aromatic heterocycles. The van der Waals surface area contributed by atoms with Gasteiger partial charge in [0.05, 0.1) is 15.8 Å². The number of aromatic nitrogens is 2. The number of benzene rings is 2. The third-order valence-corrected chi connectivity index (χ3v) is 6.16. The number of piperazine rings is 1. The second-order valence-corrected chi connectivity index (χ2v) is 8.71. The molecule has 0 unspecified atom stereocenters. The number of H-pyrrole nitrogens is 1. The van der Waals surface area contributed by atoms with Crippen molar-refractivity contribution >= 4 is 26.6 Å².